The number of nitrogens with zero attached hydrogens (tertiary/aromatic N) is 1. The molecule has 4 heteroatoms. The Balaban J connectivity index is 2.29. The van der Waals surface area contributed by atoms with Crippen molar-refractivity contribution in [2.45, 2.75) is 6.42 Å². The first-order valence-corrected chi connectivity index (χ1v) is 3.43. The number of esters is 1. The van der Waals surface area contributed by atoms with Crippen molar-refractivity contribution in [3.05, 3.63) is 12.7 Å². The van der Waals surface area contributed by atoms with E-state index >= 15 is 0 Å². The first-order chi connectivity index (χ1) is 5.33. The molecule has 0 amide bonds. The van der Waals surface area contributed by atoms with Crippen molar-refractivity contribution in [1.29, 1.82) is 0 Å². The Kier molecular flexibility index (Phi) is 2.66. The predicted molar refractivity (Wildman–Crippen MR) is 41.2 cm³/mol. The van der Waals surface area contributed by atoms with Crippen LogP contribution in [-0.4, -0.2) is 25.1 Å². The van der Waals surface area contributed by atoms with Crippen LogP contribution in [0.25, 0.3) is 0 Å². The van der Waals surface area contributed by atoms with Gasteiger partial charge in [0.1, 0.15) is 0 Å². The zero-order valence-electron chi connectivity index (χ0n) is 6.17. The van der Waals surface area contributed by atoms with Crippen LogP contribution in [0, 0.1) is 0 Å². The predicted octanol–water partition coefficient (Wildman–Crippen LogP) is 0.0649. The van der Waals surface area contributed by atoms with Crippen molar-refractivity contribution >= 4 is 12.0 Å². The van der Waals surface area contributed by atoms with Gasteiger partial charge in [-0.2, -0.15) is 0 Å². The molecule has 60 valence electrons. The first kappa shape index (κ1) is 7.78. The summed E-state index contributed by atoms with van der Waals surface area (Å²) in [6.07, 6.45) is 1.72. The summed E-state index contributed by atoms with van der Waals surface area (Å²) >= 11 is 0. The lowest BCUT2D eigenvalue weighted by molar-refractivity contribution is -0.134. The lowest BCUT2D eigenvalue weighted by atomic mass is 10.4. The smallest absolute Gasteiger partial charge is 0.317 e. The fourth-order valence-corrected chi connectivity index (χ4v) is 0.712. The van der Waals surface area contributed by atoms with Crippen LogP contribution >= 0.6 is 0 Å². The summed E-state index contributed by atoms with van der Waals surface area (Å²) in [7, 11) is 0. The van der Waals surface area contributed by atoms with Crippen molar-refractivity contribution in [2.75, 3.05) is 13.1 Å². The summed E-state index contributed by atoms with van der Waals surface area (Å²) in [5.41, 5.74) is 0. The fraction of sp³-hybridized carbons (Fsp3) is 0.429. The van der Waals surface area contributed by atoms with Gasteiger partial charge in [0.15, 0.2) is 0 Å². The maximum atomic E-state index is 10.8. The minimum absolute atomic E-state index is 0.223. The Bertz CT molecular complexity index is 199. The molecule has 1 aliphatic rings. The van der Waals surface area contributed by atoms with Crippen molar-refractivity contribution in [1.82, 2.24) is 5.32 Å². The molecule has 0 fully saturated rings. The average Bonchev–Trinajstić information content (AvgIpc) is 2.40. The van der Waals surface area contributed by atoms with Crippen LogP contribution in [0.15, 0.2) is 17.6 Å². The fourth-order valence-electron chi connectivity index (χ4n) is 0.712. The van der Waals surface area contributed by atoms with Gasteiger partial charge in [0.05, 0.1) is 13.0 Å². The highest BCUT2D eigenvalue weighted by Gasteiger charge is 2.09. The molecule has 0 atom stereocenters. The molecule has 1 aliphatic heterocycles. The van der Waals surface area contributed by atoms with Gasteiger partial charge in [-0.1, -0.05) is 6.08 Å². The second kappa shape index (κ2) is 3.75. The van der Waals surface area contributed by atoms with Gasteiger partial charge in [-0.25, -0.2) is 4.99 Å². The Labute approximate surface area is 65.0 Å². The number of ether oxygens (including phenoxy) is 1. The molecule has 1 heterocycles. The van der Waals surface area contributed by atoms with E-state index in [1.165, 1.54) is 6.08 Å². The molecule has 11 heavy (non-hydrogen) atoms. The number of aliphatic imine (C=N–C) groups is 1. The second-order valence-electron chi connectivity index (χ2n) is 2.08. The molecule has 0 aromatic carbocycles. The van der Waals surface area contributed by atoms with E-state index in [0.29, 0.717) is 12.6 Å². The minimum atomic E-state index is -0.326. The van der Waals surface area contributed by atoms with Crippen molar-refractivity contribution in [2.24, 2.45) is 4.99 Å². The average molecular weight is 154 g/mol. The van der Waals surface area contributed by atoms with Crippen LogP contribution in [-0.2, 0) is 9.53 Å². The number of carbonyl (C=O) groups excluding carboxylic acids is 1. The molecule has 0 saturated heterocycles. The van der Waals surface area contributed by atoms with Crippen LogP contribution < -0.4 is 5.32 Å². The van der Waals surface area contributed by atoms with Gasteiger partial charge in [0, 0.05) is 6.54 Å². The van der Waals surface area contributed by atoms with Crippen molar-refractivity contribution < 1.29 is 9.53 Å². The maximum Gasteiger partial charge on any atom is 0.317 e. The van der Waals surface area contributed by atoms with Crippen molar-refractivity contribution in [3.8, 4) is 0 Å². The van der Waals surface area contributed by atoms with E-state index in [-0.39, 0.29) is 12.4 Å². The molecule has 0 bridgehead atoms. The number of hydrogen-bond donors (Lipinski definition) is 1. The molecule has 0 unspecified atom stereocenters. The summed E-state index contributed by atoms with van der Waals surface area (Å²) in [6, 6.07) is 0.330. The third-order valence-corrected chi connectivity index (χ3v) is 1.16. The Hall–Kier alpha value is -1.32. The maximum absolute atomic E-state index is 10.8. The molecule has 4 nitrogen and oxygen atoms in total. The quantitative estimate of drug-likeness (QED) is 0.452. The highest BCUT2D eigenvalue weighted by molar-refractivity contribution is 5.88. The number of rotatable bonds is 2. The lowest BCUT2D eigenvalue weighted by Crippen LogP contribution is -2.24. The largest absolute Gasteiger partial charge is 0.393 e. The van der Waals surface area contributed by atoms with E-state index in [2.05, 4.69) is 16.9 Å². The number of carbonyl (C=O) groups is 1. The molecular weight excluding hydrogens is 144 g/mol. The van der Waals surface area contributed by atoms with Crippen molar-refractivity contribution in [3.63, 3.8) is 0 Å². The minimum Gasteiger partial charge on any atom is -0.393 e. The monoisotopic (exact) mass is 154 g/mol. The summed E-state index contributed by atoms with van der Waals surface area (Å²) in [4.78, 5) is 14.7. The van der Waals surface area contributed by atoms with Gasteiger partial charge >= 0.3 is 5.97 Å². The normalized spacial score (nSPS) is 15.1. The van der Waals surface area contributed by atoms with E-state index in [0.717, 1.165) is 6.54 Å². The summed E-state index contributed by atoms with van der Waals surface area (Å²) in [6.45, 7) is 4.84. The molecule has 0 spiro atoms. The summed E-state index contributed by atoms with van der Waals surface area (Å²) in [5.74, 6) is -0.326. The zero-order chi connectivity index (χ0) is 8.10. The highest BCUT2D eigenvalue weighted by Crippen LogP contribution is 1.91. The SMILES string of the molecule is C=CCC(=O)OC1=NCCN1. The van der Waals surface area contributed by atoms with E-state index in [4.69, 9.17) is 4.74 Å². The second-order valence-corrected chi connectivity index (χ2v) is 2.08. The third-order valence-electron chi connectivity index (χ3n) is 1.16. The highest BCUT2D eigenvalue weighted by atomic mass is 16.6. The third kappa shape index (κ3) is 2.41. The van der Waals surface area contributed by atoms with Gasteiger partial charge < -0.3 is 10.1 Å². The lowest BCUT2D eigenvalue weighted by Gasteiger charge is -2.00. The summed E-state index contributed by atoms with van der Waals surface area (Å²) in [5, 5.41) is 2.82. The molecule has 1 rings (SSSR count). The van der Waals surface area contributed by atoms with Crippen LogP contribution in [0.2, 0.25) is 0 Å². The topological polar surface area (TPSA) is 50.7 Å². The standard InChI is InChI=1S/C7H10N2O2/c1-2-3-6(10)11-7-8-4-5-9-7/h2H,1,3-5H2,(H,8,9). The van der Waals surface area contributed by atoms with Gasteiger partial charge in [0.2, 0.25) is 0 Å². The Morgan fingerprint density at radius 3 is 3.27 bits per heavy atom. The van der Waals surface area contributed by atoms with Gasteiger partial charge in [0.25, 0.3) is 6.02 Å². The van der Waals surface area contributed by atoms with Crippen LogP contribution in [0.1, 0.15) is 6.42 Å². The number of nitrogens with one attached hydrogen (secondary N) is 1. The Morgan fingerprint density at radius 1 is 1.91 bits per heavy atom. The zero-order valence-corrected chi connectivity index (χ0v) is 6.17. The van der Waals surface area contributed by atoms with Gasteiger partial charge in [-0.15, -0.1) is 6.58 Å². The Morgan fingerprint density at radius 2 is 2.73 bits per heavy atom. The molecule has 1 N–H and O–H groups in total. The first-order valence-electron chi connectivity index (χ1n) is 3.43. The molecule has 0 aliphatic carbocycles. The molecule has 0 saturated carbocycles. The van der Waals surface area contributed by atoms with E-state index in [1.807, 2.05) is 0 Å². The molecule has 0 aromatic rings. The molecule has 0 radical (unpaired) electrons. The van der Waals surface area contributed by atoms with Gasteiger partial charge in [-0.05, 0) is 0 Å². The van der Waals surface area contributed by atoms with Crippen LogP contribution in [0.5, 0.6) is 0 Å². The number of amidine groups is 1. The van der Waals surface area contributed by atoms with Crippen LogP contribution in [0.4, 0.5) is 0 Å². The summed E-state index contributed by atoms with van der Waals surface area (Å²) < 4.78 is 4.78. The molecule has 0 aromatic heterocycles. The molecular formula is C7H10N2O2. The van der Waals surface area contributed by atoms with E-state index < -0.39 is 0 Å². The number of hydrogen-bond acceptors (Lipinski definition) is 4. The van der Waals surface area contributed by atoms with E-state index in [9.17, 15) is 4.79 Å². The van der Waals surface area contributed by atoms with Gasteiger partial charge in [-0.3, -0.25) is 4.79 Å². The van der Waals surface area contributed by atoms with Crippen LogP contribution in [0.3, 0.4) is 0 Å². The van der Waals surface area contributed by atoms with E-state index in [1.54, 1.807) is 0 Å².